The Labute approximate surface area is 179 Å². The summed E-state index contributed by atoms with van der Waals surface area (Å²) in [6.07, 6.45) is 4.72. The topological polar surface area (TPSA) is 96.3 Å². The number of H-pyrrole nitrogens is 1. The Morgan fingerprint density at radius 3 is 2.60 bits per heavy atom. The Bertz CT molecular complexity index is 1010. The maximum Gasteiger partial charge on any atom is 0.273 e. The average Bonchev–Trinajstić information content (AvgIpc) is 3.29. The van der Waals surface area contributed by atoms with Crippen LogP contribution in [0.4, 0.5) is 5.95 Å². The third kappa shape index (κ3) is 3.11. The first kappa shape index (κ1) is 19.6. The lowest BCUT2D eigenvalue weighted by Crippen LogP contribution is -2.45. The van der Waals surface area contributed by atoms with Crippen LogP contribution in [0.5, 0.6) is 0 Å². The lowest BCUT2D eigenvalue weighted by Gasteiger charge is -2.39. The summed E-state index contributed by atoms with van der Waals surface area (Å²) in [5, 5.41) is 4.44. The highest BCUT2D eigenvalue weighted by Gasteiger charge is 2.45. The number of piperidine rings is 1. The number of morpholine rings is 1. The van der Waals surface area contributed by atoms with E-state index in [1.54, 1.807) is 7.05 Å². The second kappa shape index (κ2) is 7.39. The van der Waals surface area contributed by atoms with E-state index in [2.05, 4.69) is 15.0 Å². The summed E-state index contributed by atoms with van der Waals surface area (Å²) in [7, 11) is 1.72. The number of anilines is 1. The molecule has 0 unspecified atom stereocenters. The van der Waals surface area contributed by atoms with Crippen molar-refractivity contribution in [2.24, 2.45) is 7.05 Å². The van der Waals surface area contributed by atoms with Crippen LogP contribution >= 0.6 is 11.6 Å². The van der Waals surface area contributed by atoms with Crippen LogP contribution in [0.1, 0.15) is 41.0 Å². The van der Waals surface area contributed by atoms with Gasteiger partial charge in [0.05, 0.1) is 30.1 Å². The van der Waals surface area contributed by atoms with E-state index >= 15 is 0 Å². The number of carbonyl (C=O) groups is 1. The number of aryl methyl sites for hydroxylation is 1. The van der Waals surface area contributed by atoms with Crippen molar-refractivity contribution in [3.63, 3.8) is 0 Å². The second-order valence-corrected chi connectivity index (χ2v) is 8.76. The van der Waals surface area contributed by atoms with Gasteiger partial charge >= 0.3 is 0 Å². The molecule has 0 aromatic carbocycles. The van der Waals surface area contributed by atoms with Gasteiger partial charge in [-0.3, -0.25) is 19.3 Å². The zero-order valence-corrected chi connectivity index (χ0v) is 17.7. The van der Waals surface area contributed by atoms with Crippen LogP contribution in [0.25, 0.3) is 0 Å². The van der Waals surface area contributed by atoms with Gasteiger partial charge in [0.15, 0.2) is 0 Å². The molecular weight excluding hydrogens is 408 g/mol. The number of aromatic amines is 1. The molecule has 30 heavy (non-hydrogen) atoms. The standard InChI is InChI=1S/C20H25ClN6O3/c1-25-15(14(21)12-22-25)18(29)26-6-4-20(5-7-26)3-2-13-16(20)23-19(24-17(13)28)27-8-10-30-11-9-27/h12H,2-11H2,1H3,(H,23,24,28). The molecule has 2 aromatic rings. The van der Waals surface area contributed by atoms with Crippen LogP contribution in [0, 0.1) is 0 Å². The second-order valence-electron chi connectivity index (χ2n) is 8.35. The van der Waals surface area contributed by atoms with E-state index in [1.165, 1.54) is 10.9 Å². The van der Waals surface area contributed by atoms with Gasteiger partial charge in [-0.1, -0.05) is 11.6 Å². The zero-order chi connectivity index (χ0) is 20.9. The first-order chi connectivity index (χ1) is 14.5. The van der Waals surface area contributed by atoms with Crippen LogP contribution in [0.15, 0.2) is 11.0 Å². The fraction of sp³-hybridized carbons (Fsp3) is 0.600. The van der Waals surface area contributed by atoms with E-state index in [-0.39, 0.29) is 16.9 Å². The molecule has 1 aliphatic carbocycles. The maximum atomic E-state index is 13.0. The molecule has 2 fully saturated rings. The number of ether oxygens (including phenoxy) is 1. The molecule has 0 radical (unpaired) electrons. The van der Waals surface area contributed by atoms with Gasteiger partial charge < -0.3 is 14.5 Å². The number of nitrogens with zero attached hydrogens (tertiary/aromatic N) is 5. The quantitative estimate of drug-likeness (QED) is 0.763. The Kier molecular flexibility index (Phi) is 4.82. The number of hydrogen-bond acceptors (Lipinski definition) is 6. The van der Waals surface area contributed by atoms with Crippen LogP contribution in [-0.2, 0) is 23.6 Å². The molecule has 4 heterocycles. The molecule has 160 valence electrons. The molecule has 2 aliphatic heterocycles. The van der Waals surface area contributed by atoms with Gasteiger partial charge in [-0.2, -0.15) is 5.10 Å². The first-order valence-electron chi connectivity index (χ1n) is 10.4. The van der Waals surface area contributed by atoms with Crippen molar-refractivity contribution in [1.82, 2.24) is 24.6 Å². The number of nitrogens with one attached hydrogen (secondary N) is 1. The molecule has 0 saturated carbocycles. The average molecular weight is 433 g/mol. The summed E-state index contributed by atoms with van der Waals surface area (Å²) < 4.78 is 6.94. The van der Waals surface area contributed by atoms with Gasteiger partial charge in [-0.25, -0.2) is 4.98 Å². The summed E-state index contributed by atoms with van der Waals surface area (Å²) >= 11 is 6.16. The van der Waals surface area contributed by atoms with Gasteiger partial charge in [0.25, 0.3) is 11.5 Å². The summed E-state index contributed by atoms with van der Waals surface area (Å²) in [5.41, 5.74) is 1.99. The molecule has 0 bridgehead atoms. The smallest absolute Gasteiger partial charge is 0.273 e. The van der Waals surface area contributed by atoms with Crippen molar-refractivity contribution < 1.29 is 9.53 Å². The number of likely N-dealkylation sites (tertiary alicyclic amines) is 1. The summed E-state index contributed by atoms with van der Waals surface area (Å²) in [4.78, 5) is 37.5. The molecule has 1 N–H and O–H groups in total. The van der Waals surface area contributed by atoms with E-state index in [0.717, 1.165) is 50.0 Å². The number of halogens is 1. The van der Waals surface area contributed by atoms with E-state index in [4.69, 9.17) is 21.3 Å². The molecule has 2 aromatic heterocycles. The molecule has 2 saturated heterocycles. The number of carbonyl (C=O) groups excluding carboxylic acids is 1. The van der Waals surface area contributed by atoms with Crippen molar-refractivity contribution >= 4 is 23.5 Å². The number of fused-ring (bicyclic) bond motifs is 2. The van der Waals surface area contributed by atoms with Gasteiger partial charge in [-0.05, 0) is 25.7 Å². The summed E-state index contributed by atoms with van der Waals surface area (Å²) in [5.74, 6) is 0.546. The Morgan fingerprint density at radius 1 is 1.20 bits per heavy atom. The van der Waals surface area contributed by atoms with Crippen LogP contribution in [0.3, 0.4) is 0 Å². The largest absolute Gasteiger partial charge is 0.378 e. The highest BCUT2D eigenvalue weighted by atomic mass is 35.5. The first-order valence-corrected chi connectivity index (χ1v) is 10.8. The SMILES string of the molecule is Cn1ncc(Cl)c1C(=O)N1CCC2(CCc3c2nc(N2CCOCC2)[nH]c3=O)CC1. The normalized spacial score (nSPS) is 20.6. The Balaban J connectivity index is 1.39. The molecule has 3 aliphatic rings. The molecule has 9 nitrogen and oxygen atoms in total. The number of rotatable bonds is 2. The van der Waals surface area contributed by atoms with E-state index in [9.17, 15) is 9.59 Å². The fourth-order valence-corrected chi connectivity index (χ4v) is 5.24. The maximum absolute atomic E-state index is 13.0. The number of amides is 1. The van der Waals surface area contributed by atoms with Crippen LogP contribution < -0.4 is 10.5 Å². The van der Waals surface area contributed by atoms with Gasteiger partial charge in [0.2, 0.25) is 5.95 Å². The zero-order valence-electron chi connectivity index (χ0n) is 17.0. The predicted octanol–water partition coefficient (Wildman–Crippen LogP) is 1.11. The Morgan fingerprint density at radius 2 is 1.93 bits per heavy atom. The minimum Gasteiger partial charge on any atom is -0.378 e. The highest BCUT2D eigenvalue weighted by molar-refractivity contribution is 6.33. The molecule has 5 rings (SSSR count). The van der Waals surface area contributed by atoms with Crippen molar-refractivity contribution in [3.05, 3.63) is 38.5 Å². The van der Waals surface area contributed by atoms with E-state index in [1.807, 2.05) is 4.90 Å². The van der Waals surface area contributed by atoms with Crippen molar-refractivity contribution in [1.29, 1.82) is 0 Å². The molecule has 0 atom stereocenters. The lowest BCUT2D eigenvalue weighted by molar-refractivity contribution is 0.0652. The lowest BCUT2D eigenvalue weighted by atomic mass is 9.76. The molecular formula is C20H25ClN6O3. The third-order valence-corrected chi connectivity index (χ3v) is 7.05. The highest BCUT2D eigenvalue weighted by Crippen LogP contribution is 2.44. The van der Waals surface area contributed by atoms with Crippen LogP contribution in [0.2, 0.25) is 5.02 Å². The molecule has 1 spiro atoms. The van der Waals surface area contributed by atoms with Crippen molar-refractivity contribution in [2.75, 3.05) is 44.3 Å². The van der Waals surface area contributed by atoms with Gasteiger partial charge in [0, 0.05) is 44.2 Å². The van der Waals surface area contributed by atoms with E-state index in [0.29, 0.717) is 43.0 Å². The summed E-state index contributed by atoms with van der Waals surface area (Å²) in [6, 6.07) is 0. The monoisotopic (exact) mass is 432 g/mol. The predicted molar refractivity (Wildman–Crippen MR) is 111 cm³/mol. The van der Waals surface area contributed by atoms with Gasteiger partial charge in [-0.15, -0.1) is 0 Å². The Hall–Kier alpha value is -2.39. The number of hydrogen-bond donors (Lipinski definition) is 1. The number of aromatic nitrogens is 4. The van der Waals surface area contributed by atoms with Gasteiger partial charge in [0.1, 0.15) is 5.69 Å². The van der Waals surface area contributed by atoms with Crippen LogP contribution in [-0.4, -0.2) is 69.9 Å². The minimum atomic E-state index is -0.141. The molecule has 10 heteroatoms. The minimum absolute atomic E-state index is 0.0291. The third-order valence-electron chi connectivity index (χ3n) is 6.77. The van der Waals surface area contributed by atoms with Crippen molar-refractivity contribution in [2.45, 2.75) is 31.1 Å². The fourth-order valence-electron chi connectivity index (χ4n) is 4.99. The van der Waals surface area contributed by atoms with E-state index < -0.39 is 0 Å². The van der Waals surface area contributed by atoms with Crippen molar-refractivity contribution in [3.8, 4) is 0 Å². The summed E-state index contributed by atoms with van der Waals surface area (Å²) in [6.45, 7) is 3.95. The molecule has 1 amide bonds.